The van der Waals surface area contributed by atoms with Crippen LogP contribution in [0.2, 0.25) is 0 Å². The number of carboxylic acids is 1. The van der Waals surface area contributed by atoms with E-state index in [1.54, 1.807) is 10.8 Å². The third kappa shape index (κ3) is 5.28. The number of carbonyl (C=O) groups is 1. The van der Waals surface area contributed by atoms with E-state index in [2.05, 4.69) is 46.4 Å². The van der Waals surface area contributed by atoms with Crippen molar-refractivity contribution in [2.24, 2.45) is 17.8 Å². The lowest BCUT2D eigenvalue weighted by molar-refractivity contribution is -0.143. The fourth-order valence-electron chi connectivity index (χ4n) is 5.99. The lowest BCUT2D eigenvalue weighted by Crippen LogP contribution is -2.35. The van der Waals surface area contributed by atoms with Crippen LogP contribution in [0.1, 0.15) is 63.8 Å². The molecule has 0 aliphatic heterocycles. The summed E-state index contributed by atoms with van der Waals surface area (Å²) in [5.41, 5.74) is 4.56. The largest absolute Gasteiger partial charge is 0.481 e. The van der Waals surface area contributed by atoms with Crippen molar-refractivity contribution in [3.8, 4) is 22.5 Å². The molecule has 39 heavy (non-hydrogen) atoms. The summed E-state index contributed by atoms with van der Waals surface area (Å²) < 4.78 is 3.55. The molecule has 3 atom stereocenters. The molecule has 3 aromatic heterocycles. The minimum absolute atomic E-state index is 0.144. The number of aryl methyl sites for hydroxylation is 1. The molecule has 1 aliphatic rings. The van der Waals surface area contributed by atoms with Crippen LogP contribution < -0.4 is 5.69 Å². The minimum Gasteiger partial charge on any atom is -0.481 e. The van der Waals surface area contributed by atoms with Crippen molar-refractivity contribution in [1.82, 2.24) is 34.7 Å². The predicted octanol–water partition coefficient (Wildman–Crippen LogP) is 4.59. The first-order chi connectivity index (χ1) is 18.9. The lowest BCUT2D eigenvalue weighted by atomic mass is 9.88. The highest BCUT2D eigenvalue weighted by Gasteiger charge is 2.43. The number of nitrogens with zero attached hydrogens (tertiary/aromatic N) is 6. The second-order valence-electron chi connectivity index (χ2n) is 10.8. The molecule has 0 radical (unpaired) electrons. The van der Waals surface area contributed by atoms with Crippen molar-refractivity contribution >= 4 is 5.97 Å². The van der Waals surface area contributed by atoms with Gasteiger partial charge in [-0.2, -0.15) is 0 Å². The van der Waals surface area contributed by atoms with Crippen LogP contribution in [0.25, 0.3) is 22.5 Å². The Balaban J connectivity index is 1.53. The molecule has 5 rings (SSSR count). The third-order valence-corrected chi connectivity index (χ3v) is 8.08. The number of pyridine rings is 1. The summed E-state index contributed by atoms with van der Waals surface area (Å²) >= 11 is 0. The number of hydrogen-bond acceptors (Lipinski definition) is 6. The number of imidazole rings is 1. The van der Waals surface area contributed by atoms with E-state index >= 15 is 0 Å². The van der Waals surface area contributed by atoms with Gasteiger partial charge in [-0.25, -0.2) is 9.89 Å². The van der Waals surface area contributed by atoms with Crippen LogP contribution in [0.4, 0.5) is 0 Å². The van der Waals surface area contributed by atoms with Gasteiger partial charge in [-0.1, -0.05) is 51.5 Å². The number of aromatic amines is 1. The lowest BCUT2D eigenvalue weighted by Gasteiger charge is -2.26. The number of hydrogen-bond donors (Lipinski definition) is 2. The van der Waals surface area contributed by atoms with Crippen LogP contribution in [0.3, 0.4) is 0 Å². The maximum Gasteiger partial charge on any atom is 0.328 e. The zero-order valence-corrected chi connectivity index (χ0v) is 22.6. The average molecular weight is 530 g/mol. The third-order valence-electron chi connectivity index (χ3n) is 8.08. The Kier molecular flexibility index (Phi) is 7.72. The first kappa shape index (κ1) is 26.5. The van der Waals surface area contributed by atoms with E-state index in [9.17, 15) is 14.7 Å². The van der Waals surface area contributed by atoms with Gasteiger partial charge in [0.15, 0.2) is 5.82 Å². The fourth-order valence-corrected chi connectivity index (χ4v) is 5.99. The summed E-state index contributed by atoms with van der Waals surface area (Å²) in [5, 5.41) is 24.0. The molecule has 0 saturated heterocycles. The molecule has 204 valence electrons. The van der Waals surface area contributed by atoms with Crippen LogP contribution in [0.15, 0.2) is 53.7 Å². The van der Waals surface area contributed by atoms with Gasteiger partial charge in [-0.3, -0.25) is 18.9 Å². The van der Waals surface area contributed by atoms with E-state index in [0.717, 1.165) is 53.6 Å². The molecule has 10 heteroatoms. The Morgan fingerprint density at radius 2 is 1.92 bits per heavy atom. The topological polar surface area (TPSA) is 132 Å². The highest BCUT2D eigenvalue weighted by Crippen LogP contribution is 2.44. The summed E-state index contributed by atoms with van der Waals surface area (Å²) in [6.07, 6.45) is 9.60. The van der Waals surface area contributed by atoms with E-state index in [1.807, 2.05) is 47.3 Å². The summed E-state index contributed by atoms with van der Waals surface area (Å²) in [7, 11) is 0. The molecule has 3 heterocycles. The number of tetrazole rings is 1. The van der Waals surface area contributed by atoms with Gasteiger partial charge in [0.05, 0.1) is 18.5 Å². The van der Waals surface area contributed by atoms with Gasteiger partial charge < -0.3 is 5.11 Å². The summed E-state index contributed by atoms with van der Waals surface area (Å²) in [5.74, 6) is -0.356. The Morgan fingerprint density at radius 1 is 1.15 bits per heavy atom. The Morgan fingerprint density at radius 3 is 2.59 bits per heavy atom. The van der Waals surface area contributed by atoms with Crippen molar-refractivity contribution in [2.75, 3.05) is 0 Å². The number of aliphatic carboxylic acids is 1. The normalized spacial score (nSPS) is 19.1. The second-order valence-corrected chi connectivity index (χ2v) is 10.8. The van der Waals surface area contributed by atoms with Gasteiger partial charge in [-0.15, -0.1) is 5.10 Å². The molecule has 1 saturated carbocycles. The zero-order valence-electron chi connectivity index (χ0n) is 22.6. The number of unbranched alkanes of at least 4 members (excludes halogenated alkanes) is 1. The maximum absolute atomic E-state index is 14.0. The first-order valence-electron chi connectivity index (χ1n) is 13.7. The van der Waals surface area contributed by atoms with Crippen molar-refractivity contribution in [1.29, 1.82) is 0 Å². The molecule has 4 aromatic rings. The average Bonchev–Trinajstić information content (AvgIpc) is 3.68. The molecule has 1 aliphatic carbocycles. The van der Waals surface area contributed by atoms with E-state index < -0.39 is 11.9 Å². The Labute approximate surface area is 227 Å². The predicted molar refractivity (Wildman–Crippen MR) is 147 cm³/mol. The van der Waals surface area contributed by atoms with Gasteiger partial charge in [-0.05, 0) is 70.7 Å². The van der Waals surface area contributed by atoms with Crippen LogP contribution in [0.5, 0.6) is 0 Å². The van der Waals surface area contributed by atoms with Gasteiger partial charge in [0, 0.05) is 29.8 Å². The molecular weight excluding hydrogens is 494 g/mol. The number of carboxylic acid groups (broad SMARTS) is 1. The maximum atomic E-state index is 14.0. The number of nitrogens with one attached hydrogen (secondary N) is 1. The molecule has 1 fully saturated rings. The Hall–Kier alpha value is -4.08. The standard InChI is InChI=1S/C29H35N7O3/c1-4-5-6-22-17-36(26-23(18(2)3)11-12-25(26)28(37)38)29(39)35(22)16-21-15-30-14-13-24(21)19-7-9-20(10-8-19)27-31-33-34-32-27/h7-10,13-15,17-18,23,25-26H,4-6,11-12,16H2,1-3H3,(H,37,38)(H,31,32,33,34). The fraction of sp³-hybridized carbons (Fsp3) is 0.448. The Bertz CT molecular complexity index is 1470. The van der Waals surface area contributed by atoms with Crippen molar-refractivity contribution < 1.29 is 9.90 Å². The molecule has 10 nitrogen and oxygen atoms in total. The zero-order chi connectivity index (χ0) is 27.5. The van der Waals surface area contributed by atoms with Gasteiger partial charge in [0.1, 0.15) is 0 Å². The molecule has 2 N–H and O–H groups in total. The summed E-state index contributed by atoms with van der Waals surface area (Å²) in [6.45, 7) is 6.73. The van der Waals surface area contributed by atoms with E-state index in [0.29, 0.717) is 18.8 Å². The number of benzene rings is 1. The van der Waals surface area contributed by atoms with Gasteiger partial charge >= 0.3 is 11.7 Å². The quantitative estimate of drug-likeness (QED) is 0.307. The van der Waals surface area contributed by atoms with Crippen LogP contribution in [0, 0.1) is 17.8 Å². The highest BCUT2D eigenvalue weighted by molar-refractivity contribution is 5.71. The molecule has 1 aromatic carbocycles. The molecule has 0 spiro atoms. The minimum atomic E-state index is -0.822. The molecule has 3 unspecified atom stereocenters. The number of rotatable bonds is 10. The highest BCUT2D eigenvalue weighted by atomic mass is 16.4. The number of aromatic nitrogens is 7. The summed E-state index contributed by atoms with van der Waals surface area (Å²) in [4.78, 5) is 30.5. The number of H-pyrrole nitrogens is 1. The van der Waals surface area contributed by atoms with Crippen LogP contribution >= 0.6 is 0 Å². The van der Waals surface area contributed by atoms with Gasteiger partial charge in [0.2, 0.25) is 0 Å². The van der Waals surface area contributed by atoms with E-state index in [4.69, 9.17) is 0 Å². The van der Waals surface area contributed by atoms with Crippen molar-refractivity contribution in [2.45, 2.75) is 65.5 Å². The SMILES string of the molecule is CCCCc1cn(C2C(C(=O)O)CCC2C(C)C)c(=O)n1Cc1cnccc1-c1ccc(-c2nnn[nH]2)cc1. The molecule has 0 amide bonds. The van der Waals surface area contributed by atoms with Crippen molar-refractivity contribution in [3.05, 3.63) is 70.7 Å². The van der Waals surface area contributed by atoms with E-state index in [1.165, 1.54) is 0 Å². The molecule has 0 bridgehead atoms. The van der Waals surface area contributed by atoms with Crippen molar-refractivity contribution in [3.63, 3.8) is 0 Å². The van der Waals surface area contributed by atoms with Crippen LogP contribution in [-0.4, -0.2) is 45.8 Å². The first-order valence-corrected chi connectivity index (χ1v) is 13.7. The van der Waals surface area contributed by atoms with Crippen LogP contribution in [-0.2, 0) is 17.8 Å². The summed E-state index contributed by atoms with van der Waals surface area (Å²) in [6, 6.07) is 9.53. The monoisotopic (exact) mass is 529 g/mol. The molecular formula is C29H35N7O3. The smallest absolute Gasteiger partial charge is 0.328 e. The van der Waals surface area contributed by atoms with Gasteiger partial charge in [0.25, 0.3) is 0 Å². The van der Waals surface area contributed by atoms with E-state index in [-0.39, 0.29) is 23.6 Å². The second kappa shape index (κ2) is 11.3.